The summed E-state index contributed by atoms with van der Waals surface area (Å²) in [6.07, 6.45) is 2.06. The molecule has 0 fully saturated rings. The van der Waals surface area contributed by atoms with Gasteiger partial charge >= 0.3 is 5.82 Å². The van der Waals surface area contributed by atoms with E-state index in [0.717, 1.165) is 17.1 Å². The molecule has 0 atom stereocenters. The van der Waals surface area contributed by atoms with Gasteiger partial charge in [0.1, 0.15) is 12.1 Å². The summed E-state index contributed by atoms with van der Waals surface area (Å²) in [6.45, 7) is -0.414. The molecule has 16 heavy (non-hydrogen) atoms. The Kier molecular flexibility index (Phi) is 3.93. The fourth-order valence-corrected chi connectivity index (χ4v) is 1.98. The minimum atomic E-state index is -3.62. The van der Waals surface area contributed by atoms with Crippen LogP contribution in [0.3, 0.4) is 0 Å². The van der Waals surface area contributed by atoms with Gasteiger partial charge in [0.15, 0.2) is 0 Å². The minimum Gasteiger partial charge on any atom is -0.395 e. The Morgan fingerprint density at radius 2 is 2.31 bits per heavy atom. The second-order valence-corrected chi connectivity index (χ2v) is 4.64. The van der Waals surface area contributed by atoms with Crippen LogP contribution < -0.4 is 4.72 Å². The summed E-state index contributed by atoms with van der Waals surface area (Å²) >= 11 is 0. The van der Waals surface area contributed by atoms with Crippen LogP contribution in [-0.2, 0) is 15.9 Å². The quantitative estimate of drug-likeness (QED) is 0.475. The van der Waals surface area contributed by atoms with E-state index >= 15 is 0 Å². The highest BCUT2D eigenvalue weighted by atomic mass is 32.2. The fourth-order valence-electron chi connectivity index (χ4n) is 0.956. The lowest BCUT2D eigenvalue weighted by molar-refractivity contribution is -0.389. The number of imidazole rings is 1. The second-order valence-electron chi connectivity index (χ2n) is 2.86. The van der Waals surface area contributed by atoms with Gasteiger partial charge in [-0.15, -0.1) is 0 Å². The summed E-state index contributed by atoms with van der Waals surface area (Å²) in [5.41, 5.74) is 0. The van der Waals surface area contributed by atoms with E-state index in [0.29, 0.717) is 0 Å². The van der Waals surface area contributed by atoms with E-state index in [9.17, 15) is 18.5 Å². The van der Waals surface area contributed by atoms with Crippen LogP contribution in [0.15, 0.2) is 12.5 Å². The molecule has 1 aromatic rings. The summed E-state index contributed by atoms with van der Waals surface area (Å²) in [5, 5.41) is 18.7. The molecule has 1 aromatic heterocycles. The average Bonchev–Trinajstić information content (AvgIpc) is 2.62. The van der Waals surface area contributed by atoms with Crippen molar-refractivity contribution in [2.75, 3.05) is 13.2 Å². The number of sulfonamides is 1. The molecule has 0 saturated heterocycles. The van der Waals surface area contributed by atoms with Crippen molar-refractivity contribution in [2.45, 2.75) is 5.88 Å². The third-order valence-corrected chi connectivity index (χ3v) is 2.84. The van der Waals surface area contributed by atoms with E-state index in [1.807, 2.05) is 0 Å². The van der Waals surface area contributed by atoms with Crippen LogP contribution in [0.4, 0.5) is 5.82 Å². The Labute approximate surface area is 90.9 Å². The SMILES string of the molecule is O=[N+]([O-])c1cn(CS(=O)(=O)NCCO)cn1. The van der Waals surface area contributed by atoms with Crippen molar-refractivity contribution >= 4 is 15.8 Å². The summed E-state index contributed by atoms with van der Waals surface area (Å²) in [4.78, 5) is 13.0. The van der Waals surface area contributed by atoms with E-state index in [-0.39, 0.29) is 13.2 Å². The summed E-state index contributed by atoms with van der Waals surface area (Å²) in [7, 11) is -3.62. The molecule has 1 rings (SSSR count). The van der Waals surface area contributed by atoms with E-state index in [1.165, 1.54) is 0 Å². The highest BCUT2D eigenvalue weighted by Gasteiger charge is 2.15. The number of rotatable bonds is 6. The monoisotopic (exact) mass is 250 g/mol. The highest BCUT2D eigenvalue weighted by molar-refractivity contribution is 7.88. The highest BCUT2D eigenvalue weighted by Crippen LogP contribution is 2.06. The van der Waals surface area contributed by atoms with Gasteiger partial charge in [-0.2, -0.15) is 0 Å². The molecule has 9 nitrogen and oxygen atoms in total. The number of aliphatic hydroxyl groups excluding tert-OH is 1. The Balaban J connectivity index is 2.69. The Morgan fingerprint density at radius 3 is 2.81 bits per heavy atom. The van der Waals surface area contributed by atoms with Crippen molar-refractivity contribution in [1.82, 2.24) is 14.3 Å². The van der Waals surface area contributed by atoms with Crippen LogP contribution in [0.2, 0.25) is 0 Å². The zero-order chi connectivity index (χ0) is 12.2. The molecule has 0 aliphatic carbocycles. The van der Waals surface area contributed by atoms with Crippen LogP contribution in [0, 0.1) is 10.1 Å². The molecular formula is C6H10N4O5S. The second kappa shape index (κ2) is 5.01. The summed E-state index contributed by atoms with van der Waals surface area (Å²) < 4.78 is 25.8. The lowest BCUT2D eigenvalue weighted by Crippen LogP contribution is -2.29. The van der Waals surface area contributed by atoms with Crippen molar-refractivity contribution in [1.29, 1.82) is 0 Å². The summed E-state index contributed by atoms with van der Waals surface area (Å²) in [5.74, 6) is -0.897. The predicted molar refractivity (Wildman–Crippen MR) is 52.9 cm³/mol. The first kappa shape index (κ1) is 12.5. The maximum absolute atomic E-state index is 11.3. The summed E-state index contributed by atoms with van der Waals surface area (Å²) in [6, 6.07) is 0. The van der Waals surface area contributed by atoms with Gasteiger partial charge in [0.25, 0.3) is 0 Å². The van der Waals surface area contributed by atoms with Gasteiger partial charge in [-0.25, -0.2) is 13.1 Å². The standard InChI is InChI=1S/C6H10N4O5S/c11-2-1-8-16(14,15)5-9-3-6(7-4-9)10(12)13/h3-4,8,11H,1-2,5H2. The van der Waals surface area contributed by atoms with Gasteiger partial charge in [-0.1, -0.05) is 0 Å². The molecule has 1 heterocycles. The average molecular weight is 250 g/mol. The lowest BCUT2D eigenvalue weighted by atomic mass is 10.8. The lowest BCUT2D eigenvalue weighted by Gasteiger charge is -2.04. The normalized spacial score (nSPS) is 11.6. The Bertz CT molecular complexity index is 467. The first-order valence-electron chi connectivity index (χ1n) is 4.19. The third-order valence-electron chi connectivity index (χ3n) is 1.56. The van der Waals surface area contributed by atoms with Crippen molar-refractivity contribution in [3.05, 3.63) is 22.6 Å². The van der Waals surface area contributed by atoms with Crippen LogP contribution in [0.25, 0.3) is 0 Å². The number of hydrogen-bond acceptors (Lipinski definition) is 6. The molecular weight excluding hydrogens is 240 g/mol. The van der Waals surface area contributed by atoms with Crippen LogP contribution in [0.5, 0.6) is 0 Å². The first-order chi connectivity index (χ1) is 7.44. The molecule has 0 radical (unpaired) electrons. The van der Waals surface area contributed by atoms with Crippen LogP contribution >= 0.6 is 0 Å². The van der Waals surface area contributed by atoms with Gasteiger partial charge < -0.3 is 15.2 Å². The minimum absolute atomic E-state index is 0.0981. The van der Waals surface area contributed by atoms with Crippen molar-refractivity contribution in [3.8, 4) is 0 Å². The zero-order valence-electron chi connectivity index (χ0n) is 8.11. The van der Waals surface area contributed by atoms with Gasteiger partial charge in [0.05, 0.1) is 6.61 Å². The molecule has 0 aromatic carbocycles. The first-order valence-corrected chi connectivity index (χ1v) is 5.84. The molecule has 0 unspecified atom stereocenters. The van der Waals surface area contributed by atoms with Gasteiger partial charge in [-0.3, -0.25) is 4.57 Å². The van der Waals surface area contributed by atoms with E-state index in [4.69, 9.17) is 5.11 Å². The zero-order valence-corrected chi connectivity index (χ0v) is 8.92. The van der Waals surface area contributed by atoms with Crippen LogP contribution in [-0.4, -0.2) is 41.2 Å². The Morgan fingerprint density at radius 1 is 1.62 bits per heavy atom. The molecule has 0 bridgehead atoms. The topological polar surface area (TPSA) is 127 Å². The van der Waals surface area contributed by atoms with E-state index in [1.54, 1.807) is 0 Å². The third kappa shape index (κ3) is 3.56. The van der Waals surface area contributed by atoms with Crippen molar-refractivity contribution in [3.63, 3.8) is 0 Å². The van der Waals surface area contributed by atoms with E-state index in [2.05, 4.69) is 9.71 Å². The predicted octanol–water partition coefficient (Wildman–Crippen LogP) is -1.34. The van der Waals surface area contributed by atoms with Crippen molar-refractivity contribution in [2.24, 2.45) is 0 Å². The number of aliphatic hydroxyl groups is 1. The molecule has 0 amide bonds. The fraction of sp³-hybridized carbons (Fsp3) is 0.500. The molecule has 0 saturated carbocycles. The number of nitrogens with zero attached hydrogens (tertiary/aromatic N) is 3. The number of nitrogens with one attached hydrogen (secondary N) is 1. The molecule has 2 N–H and O–H groups in total. The van der Waals surface area contributed by atoms with Crippen LogP contribution in [0.1, 0.15) is 0 Å². The Hall–Kier alpha value is -1.52. The van der Waals surface area contributed by atoms with Gasteiger partial charge in [0.2, 0.25) is 16.4 Å². The smallest absolute Gasteiger partial charge is 0.381 e. The molecule has 0 aliphatic heterocycles. The van der Waals surface area contributed by atoms with E-state index < -0.39 is 26.6 Å². The maximum atomic E-state index is 11.3. The molecule has 90 valence electrons. The van der Waals surface area contributed by atoms with Gasteiger partial charge in [0, 0.05) is 6.54 Å². The molecule has 0 aliphatic rings. The largest absolute Gasteiger partial charge is 0.395 e. The molecule has 10 heteroatoms. The van der Waals surface area contributed by atoms with Gasteiger partial charge in [-0.05, 0) is 9.91 Å². The molecule has 0 spiro atoms. The number of hydrogen-bond donors (Lipinski definition) is 2. The number of nitro groups is 1. The maximum Gasteiger partial charge on any atom is 0.381 e. The number of aromatic nitrogens is 2. The van der Waals surface area contributed by atoms with Crippen molar-refractivity contribution < 1.29 is 18.4 Å².